The highest BCUT2D eigenvalue weighted by Crippen LogP contribution is 2.48. The van der Waals surface area contributed by atoms with Gasteiger partial charge in [-0.25, -0.2) is 8.78 Å². The molecule has 5 heteroatoms. The second-order valence-corrected chi connectivity index (χ2v) is 7.62. The van der Waals surface area contributed by atoms with Gasteiger partial charge in [-0.1, -0.05) is 36.4 Å². The predicted molar refractivity (Wildman–Crippen MR) is 106 cm³/mol. The molecule has 0 bridgehead atoms. The Morgan fingerprint density at radius 2 is 1.82 bits per heavy atom. The van der Waals surface area contributed by atoms with E-state index in [0.717, 1.165) is 22.0 Å². The Labute approximate surface area is 162 Å². The fourth-order valence-corrected chi connectivity index (χ4v) is 3.84. The third-order valence-electron chi connectivity index (χ3n) is 5.48. The molecule has 0 aliphatic heterocycles. The molecule has 0 unspecified atom stereocenters. The molecular weight excluding hydrogens is 358 g/mol. The largest absolute Gasteiger partial charge is 0.345 e. The van der Waals surface area contributed by atoms with Crippen LogP contribution in [0.2, 0.25) is 0 Å². The number of para-hydroxylation sites is 1. The van der Waals surface area contributed by atoms with Crippen molar-refractivity contribution in [3.63, 3.8) is 0 Å². The van der Waals surface area contributed by atoms with Crippen LogP contribution in [-0.2, 0) is 0 Å². The molecule has 1 amide bonds. The first-order valence-corrected chi connectivity index (χ1v) is 9.48. The monoisotopic (exact) mass is 380 g/mol. The number of amides is 1. The van der Waals surface area contributed by atoms with Crippen LogP contribution >= 0.6 is 0 Å². The number of aryl methyl sites for hydroxylation is 1. The average Bonchev–Trinajstić information content (AvgIpc) is 2.65. The Morgan fingerprint density at radius 1 is 1.14 bits per heavy atom. The first-order chi connectivity index (χ1) is 13.3. The van der Waals surface area contributed by atoms with E-state index < -0.39 is 5.92 Å². The molecule has 1 aliphatic carbocycles. The topological polar surface area (TPSA) is 42.0 Å². The lowest BCUT2D eigenvalue weighted by molar-refractivity contribution is -0.0875. The summed E-state index contributed by atoms with van der Waals surface area (Å²) in [4.78, 5) is 17.3. The number of hydrogen-bond donors (Lipinski definition) is 1. The van der Waals surface area contributed by atoms with Gasteiger partial charge in [0.15, 0.2) is 0 Å². The molecule has 1 aliphatic rings. The summed E-state index contributed by atoms with van der Waals surface area (Å²) in [6, 6.07) is 16.7. The molecule has 0 spiro atoms. The molecule has 0 radical (unpaired) electrons. The van der Waals surface area contributed by atoms with Crippen molar-refractivity contribution in [3.8, 4) is 0 Å². The molecule has 1 fully saturated rings. The van der Waals surface area contributed by atoms with E-state index >= 15 is 0 Å². The number of halogens is 2. The van der Waals surface area contributed by atoms with Crippen molar-refractivity contribution in [1.29, 1.82) is 0 Å². The fraction of sp³-hybridized carbons (Fsp3) is 0.304. The van der Waals surface area contributed by atoms with Gasteiger partial charge in [0.05, 0.1) is 11.6 Å². The van der Waals surface area contributed by atoms with E-state index in [1.807, 2.05) is 62.4 Å². The summed E-state index contributed by atoms with van der Waals surface area (Å²) in [5.41, 5.74) is 3.88. The summed E-state index contributed by atoms with van der Waals surface area (Å²) < 4.78 is 26.7. The molecule has 3 aromatic rings. The molecule has 144 valence electrons. The van der Waals surface area contributed by atoms with Gasteiger partial charge in [0.1, 0.15) is 0 Å². The van der Waals surface area contributed by atoms with E-state index in [4.69, 9.17) is 0 Å². The molecule has 1 N–H and O–H groups in total. The van der Waals surface area contributed by atoms with Crippen LogP contribution in [0.5, 0.6) is 0 Å². The van der Waals surface area contributed by atoms with E-state index in [0.29, 0.717) is 11.3 Å². The number of fused-ring (bicyclic) bond motifs is 1. The van der Waals surface area contributed by atoms with E-state index in [1.165, 1.54) is 0 Å². The van der Waals surface area contributed by atoms with E-state index in [1.54, 1.807) is 6.07 Å². The van der Waals surface area contributed by atoms with Crippen LogP contribution in [0.3, 0.4) is 0 Å². The summed E-state index contributed by atoms with van der Waals surface area (Å²) in [7, 11) is 0. The number of benzene rings is 2. The Hall–Kier alpha value is -2.82. The third kappa shape index (κ3) is 3.49. The van der Waals surface area contributed by atoms with Gasteiger partial charge in [-0.3, -0.25) is 9.78 Å². The van der Waals surface area contributed by atoms with E-state index in [-0.39, 0.29) is 30.7 Å². The number of carbonyl (C=O) groups is 1. The van der Waals surface area contributed by atoms with Crippen LogP contribution in [0.1, 0.15) is 58.9 Å². The van der Waals surface area contributed by atoms with Crippen LogP contribution in [0, 0.1) is 6.92 Å². The molecule has 2 aromatic carbocycles. The molecule has 1 aromatic heterocycles. The van der Waals surface area contributed by atoms with Crippen molar-refractivity contribution in [2.75, 3.05) is 0 Å². The highest BCUT2D eigenvalue weighted by molar-refractivity contribution is 5.96. The Bertz CT molecular complexity index is 1040. The zero-order valence-corrected chi connectivity index (χ0v) is 15.9. The summed E-state index contributed by atoms with van der Waals surface area (Å²) in [5.74, 6) is -2.98. The van der Waals surface area contributed by atoms with E-state index in [2.05, 4.69) is 10.3 Å². The minimum atomic E-state index is -2.59. The lowest BCUT2D eigenvalue weighted by Gasteiger charge is -2.35. The maximum atomic E-state index is 13.4. The molecule has 1 atom stereocenters. The second kappa shape index (κ2) is 6.97. The van der Waals surface area contributed by atoms with Crippen molar-refractivity contribution in [2.24, 2.45) is 0 Å². The van der Waals surface area contributed by atoms with Gasteiger partial charge >= 0.3 is 0 Å². The van der Waals surface area contributed by atoms with Gasteiger partial charge in [-0.2, -0.15) is 0 Å². The fourth-order valence-electron chi connectivity index (χ4n) is 3.84. The molecule has 1 heterocycles. The summed E-state index contributed by atoms with van der Waals surface area (Å²) in [6.07, 6.45) is -0.330. The molecule has 28 heavy (non-hydrogen) atoms. The van der Waals surface area contributed by atoms with E-state index in [9.17, 15) is 13.6 Å². The SMILES string of the molecule is Cc1ccccc1C(=O)N[C@@H](C)c1cc(C2CC(F)(F)C2)nc2ccccc12. The number of rotatable bonds is 4. The molecule has 1 saturated carbocycles. The minimum absolute atomic E-state index is 0.150. The number of pyridine rings is 1. The van der Waals surface area contributed by atoms with Crippen molar-refractivity contribution < 1.29 is 13.6 Å². The van der Waals surface area contributed by atoms with Gasteiger partial charge < -0.3 is 5.32 Å². The molecule has 4 rings (SSSR count). The van der Waals surface area contributed by atoms with Gasteiger partial charge in [-0.05, 0) is 43.2 Å². The quantitative estimate of drug-likeness (QED) is 0.645. The highest BCUT2D eigenvalue weighted by Gasteiger charge is 2.46. The number of alkyl halides is 2. The summed E-state index contributed by atoms with van der Waals surface area (Å²) in [5, 5.41) is 3.97. The van der Waals surface area contributed by atoms with Gasteiger partial charge in [-0.15, -0.1) is 0 Å². The lowest BCUT2D eigenvalue weighted by Crippen LogP contribution is -2.34. The Morgan fingerprint density at radius 3 is 2.54 bits per heavy atom. The maximum Gasteiger partial charge on any atom is 0.252 e. The second-order valence-electron chi connectivity index (χ2n) is 7.62. The van der Waals surface area contributed by atoms with Crippen molar-refractivity contribution in [3.05, 3.63) is 77.0 Å². The smallest absolute Gasteiger partial charge is 0.252 e. The maximum absolute atomic E-state index is 13.4. The van der Waals surface area contributed by atoms with Crippen LogP contribution < -0.4 is 5.32 Å². The number of carbonyl (C=O) groups excluding carboxylic acids is 1. The molecule has 0 saturated heterocycles. The first-order valence-electron chi connectivity index (χ1n) is 9.48. The zero-order valence-electron chi connectivity index (χ0n) is 15.9. The van der Waals surface area contributed by atoms with Crippen LogP contribution in [0.4, 0.5) is 8.78 Å². The van der Waals surface area contributed by atoms with Crippen LogP contribution in [-0.4, -0.2) is 16.8 Å². The van der Waals surface area contributed by atoms with Crippen molar-refractivity contribution in [2.45, 2.75) is 44.6 Å². The highest BCUT2D eigenvalue weighted by atomic mass is 19.3. The first kappa shape index (κ1) is 18.5. The Kier molecular flexibility index (Phi) is 4.61. The van der Waals surface area contributed by atoms with Gasteiger partial charge in [0, 0.05) is 35.4 Å². The summed E-state index contributed by atoms with van der Waals surface area (Å²) in [6.45, 7) is 3.81. The number of hydrogen-bond acceptors (Lipinski definition) is 2. The number of nitrogens with zero attached hydrogens (tertiary/aromatic N) is 1. The summed E-state index contributed by atoms with van der Waals surface area (Å²) >= 11 is 0. The number of nitrogens with one attached hydrogen (secondary N) is 1. The van der Waals surface area contributed by atoms with Crippen molar-refractivity contribution in [1.82, 2.24) is 10.3 Å². The predicted octanol–water partition coefficient (Wildman–Crippen LogP) is 5.55. The Balaban J connectivity index is 1.67. The molecule has 3 nitrogen and oxygen atoms in total. The normalized spacial score (nSPS) is 17.1. The lowest BCUT2D eigenvalue weighted by atomic mass is 9.78. The number of aromatic nitrogens is 1. The van der Waals surface area contributed by atoms with Crippen LogP contribution in [0.25, 0.3) is 10.9 Å². The van der Waals surface area contributed by atoms with Crippen molar-refractivity contribution >= 4 is 16.8 Å². The molecular formula is C23H22F2N2O. The minimum Gasteiger partial charge on any atom is -0.345 e. The van der Waals surface area contributed by atoms with Gasteiger partial charge in [0.25, 0.3) is 5.91 Å². The average molecular weight is 380 g/mol. The van der Waals surface area contributed by atoms with Crippen LogP contribution in [0.15, 0.2) is 54.6 Å². The third-order valence-corrected chi connectivity index (χ3v) is 5.48. The standard InChI is InChI=1S/C23H22F2N2O/c1-14-7-3-4-8-17(14)22(28)26-15(2)19-11-21(16-12-23(24,25)13-16)27-20-10-6-5-9-18(19)20/h3-11,15-16H,12-13H2,1-2H3,(H,26,28)/t15-/m0/s1. The van der Waals surface area contributed by atoms with Gasteiger partial charge in [0.2, 0.25) is 5.92 Å². The zero-order chi connectivity index (χ0) is 19.9.